The Morgan fingerprint density at radius 3 is 2.18 bits per heavy atom. The van der Waals surface area contributed by atoms with E-state index in [4.69, 9.17) is 17.5 Å². The number of pyridine rings is 1. The zero-order chi connectivity index (χ0) is 13.4. The van der Waals surface area contributed by atoms with E-state index >= 15 is 0 Å². The summed E-state index contributed by atoms with van der Waals surface area (Å²) in [5.74, 6) is 0. The zero-order valence-corrected chi connectivity index (χ0v) is 10.4. The predicted octanol–water partition coefficient (Wildman–Crippen LogP) is 3.93. The van der Waals surface area contributed by atoms with E-state index in [2.05, 4.69) is 4.98 Å². The molecule has 0 bridgehead atoms. The molecule has 0 aliphatic heterocycles. The average molecular weight is 260 g/mol. The minimum Gasteiger partial charge on any atom is -0.348 e. The van der Waals surface area contributed by atoms with Gasteiger partial charge in [0.2, 0.25) is 0 Å². The van der Waals surface area contributed by atoms with Crippen molar-refractivity contribution >= 4 is 12.2 Å². The lowest BCUT2D eigenvalue weighted by Gasteiger charge is -2.21. The van der Waals surface area contributed by atoms with Crippen LogP contribution in [-0.4, -0.2) is 4.98 Å². The Bertz CT molecular complexity index is 530. The minimum absolute atomic E-state index is 0.174. The van der Waals surface area contributed by atoms with Crippen molar-refractivity contribution in [2.24, 2.45) is 0 Å². The Kier molecular flexibility index (Phi) is 3.35. The van der Waals surface area contributed by atoms with E-state index in [-0.39, 0.29) is 4.64 Å². The second-order valence-corrected chi connectivity index (χ2v) is 5.07. The Morgan fingerprint density at radius 2 is 1.82 bits per heavy atom. The zero-order valence-electron chi connectivity index (χ0n) is 9.57. The van der Waals surface area contributed by atoms with Crippen molar-refractivity contribution in [2.45, 2.75) is 32.4 Å². The van der Waals surface area contributed by atoms with Gasteiger partial charge in [-0.05, 0) is 6.07 Å². The molecule has 0 saturated heterocycles. The number of halogens is 3. The first-order chi connectivity index (χ1) is 7.57. The van der Waals surface area contributed by atoms with Crippen LogP contribution >= 0.6 is 12.2 Å². The van der Waals surface area contributed by atoms with Gasteiger partial charge in [0.25, 0.3) is 0 Å². The molecule has 1 heterocycles. The van der Waals surface area contributed by atoms with E-state index in [9.17, 15) is 13.2 Å². The molecule has 6 heteroatoms. The molecule has 0 aliphatic carbocycles. The first kappa shape index (κ1) is 13.7. The van der Waals surface area contributed by atoms with Gasteiger partial charge in [0.15, 0.2) is 0 Å². The topological polar surface area (TPSA) is 39.6 Å². The quantitative estimate of drug-likeness (QED) is 0.718. The van der Waals surface area contributed by atoms with Gasteiger partial charge in [-0.2, -0.15) is 18.4 Å². The lowest BCUT2D eigenvalue weighted by atomic mass is 9.90. The van der Waals surface area contributed by atoms with Crippen molar-refractivity contribution in [3.63, 3.8) is 0 Å². The summed E-state index contributed by atoms with van der Waals surface area (Å²) in [4.78, 5) is 2.67. The van der Waals surface area contributed by atoms with Crippen LogP contribution in [-0.2, 0) is 11.6 Å². The van der Waals surface area contributed by atoms with E-state index < -0.39 is 22.7 Å². The third-order valence-corrected chi connectivity index (χ3v) is 2.56. The fourth-order valence-electron chi connectivity index (χ4n) is 1.30. The van der Waals surface area contributed by atoms with Gasteiger partial charge in [0.05, 0.1) is 11.1 Å². The van der Waals surface area contributed by atoms with Gasteiger partial charge in [-0.1, -0.05) is 33.0 Å². The maximum absolute atomic E-state index is 12.8. The molecule has 0 aromatic carbocycles. The Morgan fingerprint density at radius 1 is 1.29 bits per heavy atom. The molecule has 1 N–H and O–H groups in total. The highest BCUT2D eigenvalue weighted by Gasteiger charge is 2.35. The number of hydrogen-bond acceptors (Lipinski definition) is 2. The van der Waals surface area contributed by atoms with Crippen molar-refractivity contribution in [2.75, 3.05) is 0 Å². The fraction of sp³-hybridized carbons (Fsp3) is 0.455. The summed E-state index contributed by atoms with van der Waals surface area (Å²) in [6, 6.07) is 2.45. The molecule has 1 aromatic heterocycles. The molecule has 0 fully saturated rings. The molecule has 1 aromatic rings. The molecule has 0 aliphatic rings. The van der Waals surface area contributed by atoms with Crippen LogP contribution in [0.4, 0.5) is 13.2 Å². The molecule has 1 rings (SSSR count). The predicted molar refractivity (Wildman–Crippen MR) is 60.0 cm³/mol. The third kappa shape index (κ3) is 2.86. The van der Waals surface area contributed by atoms with E-state index in [0.717, 1.165) is 6.07 Å². The van der Waals surface area contributed by atoms with Gasteiger partial charge in [-0.25, -0.2) is 0 Å². The summed E-state index contributed by atoms with van der Waals surface area (Å²) in [6.07, 6.45) is -4.58. The number of alkyl halides is 3. The Hall–Kier alpha value is -1.35. The molecule has 0 unspecified atom stereocenters. The second kappa shape index (κ2) is 4.15. The van der Waals surface area contributed by atoms with Gasteiger partial charge in [0, 0.05) is 11.1 Å². The lowest BCUT2D eigenvalue weighted by molar-refractivity contribution is -0.137. The molecule has 0 saturated carbocycles. The molecule has 0 atom stereocenters. The number of nitrogens with zero attached hydrogens (tertiary/aromatic N) is 1. The van der Waals surface area contributed by atoms with Crippen LogP contribution in [0.5, 0.6) is 0 Å². The highest BCUT2D eigenvalue weighted by atomic mass is 32.1. The number of aromatic nitrogens is 1. The minimum atomic E-state index is -4.58. The molecule has 0 amide bonds. The second-order valence-electron chi connectivity index (χ2n) is 4.66. The Balaban J connectivity index is 3.64. The monoisotopic (exact) mass is 260 g/mol. The van der Waals surface area contributed by atoms with E-state index in [1.807, 2.05) is 0 Å². The third-order valence-electron chi connectivity index (χ3n) is 2.26. The fourth-order valence-corrected chi connectivity index (χ4v) is 1.56. The van der Waals surface area contributed by atoms with Crippen molar-refractivity contribution in [1.82, 2.24) is 4.98 Å². The number of hydrogen-bond donors (Lipinski definition) is 1. The van der Waals surface area contributed by atoms with E-state index in [1.54, 1.807) is 20.8 Å². The first-order valence-corrected chi connectivity index (χ1v) is 5.23. The average Bonchev–Trinajstić information content (AvgIpc) is 2.13. The standard InChI is InChI=1S/C11H11F3N2S/c1-10(2,3)8-4-7(11(12,13)14)6(5-15)9(17)16-8/h4H,1-3H3,(H,16,17). The first-order valence-electron chi connectivity index (χ1n) is 4.82. The number of nitrogens with one attached hydrogen (secondary N) is 1. The SMILES string of the molecule is CC(C)(C)c1cc(C(F)(F)F)c(C#N)c(=S)[nH]1. The van der Waals surface area contributed by atoms with Crippen LogP contribution in [0.1, 0.15) is 37.6 Å². The van der Waals surface area contributed by atoms with Crippen molar-refractivity contribution in [3.8, 4) is 6.07 Å². The molecule has 17 heavy (non-hydrogen) atoms. The van der Waals surface area contributed by atoms with Crippen LogP contribution in [0.15, 0.2) is 6.07 Å². The number of nitriles is 1. The van der Waals surface area contributed by atoms with Crippen molar-refractivity contribution in [1.29, 1.82) is 5.26 Å². The normalized spacial score (nSPS) is 12.3. The van der Waals surface area contributed by atoms with Crippen LogP contribution in [0.2, 0.25) is 0 Å². The van der Waals surface area contributed by atoms with E-state index in [1.165, 1.54) is 6.07 Å². The summed E-state index contributed by atoms with van der Waals surface area (Å²) in [5, 5.41) is 8.72. The van der Waals surface area contributed by atoms with Crippen LogP contribution in [0.3, 0.4) is 0 Å². The molecular weight excluding hydrogens is 249 g/mol. The molecular formula is C11H11F3N2S. The molecule has 2 nitrogen and oxygen atoms in total. The van der Waals surface area contributed by atoms with Crippen LogP contribution < -0.4 is 0 Å². The number of aromatic amines is 1. The lowest BCUT2D eigenvalue weighted by Crippen LogP contribution is -2.18. The van der Waals surface area contributed by atoms with Crippen LogP contribution in [0.25, 0.3) is 0 Å². The maximum Gasteiger partial charge on any atom is 0.417 e. The van der Waals surface area contributed by atoms with Crippen molar-refractivity contribution < 1.29 is 13.2 Å². The summed E-state index contributed by atoms with van der Waals surface area (Å²) < 4.78 is 38.1. The van der Waals surface area contributed by atoms with Gasteiger partial charge < -0.3 is 4.98 Å². The highest BCUT2D eigenvalue weighted by Crippen LogP contribution is 2.34. The molecule has 0 spiro atoms. The van der Waals surface area contributed by atoms with Gasteiger partial charge in [0.1, 0.15) is 10.7 Å². The Labute approximate surface area is 102 Å². The number of H-pyrrole nitrogens is 1. The largest absolute Gasteiger partial charge is 0.417 e. The van der Waals surface area contributed by atoms with Gasteiger partial charge in [-0.3, -0.25) is 0 Å². The van der Waals surface area contributed by atoms with E-state index in [0.29, 0.717) is 5.69 Å². The van der Waals surface area contributed by atoms with Crippen LogP contribution in [0, 0.1) is 16.0 Å². The molecule has 92 valence electrons. The smallest absolute Gasteiger partial charge is 0.348 e. The van der Waals surface area contributed by atoms with Gasteiger partial charge >= 0.3 is 6.18 Å². The van der Waals surface area contributed by atoms with Crippen molar-refractivity contribution in [3.05, 3.63) is 27.5 Å². The maximum atomic E-state index is 12.8. The summed E-state index contributed by atoms with van der Waals surface area (Å²) in [6.45, 7) is 5.29. The summed E-state index contributed by atoms with van der Waals surface area (Å²) in [5.41, 5.74) is -1.65. The summed E-state index contributed by atoms with van der Waals surface area (Å²) in [7, 11) is 0. The van der Waals surface area contributed by atoms with Gasteiger partial charge in [-0.15, -0.1) is 0 Å². The number of rotatable bonds is 0. The summed E-state index contributed by atoms with van der Waals surface area (Å²) >= 11 is 4.79. The highest BCUT2D eigenvalue weighted by molar-refractivity contribution is 7.71. The molecule has 0 radical (unpaired) electrons.